The first-order chi connectivity index (χ1) is 9.58. The highest BCUT2D eigenvalue weighted by Crippen LogP contribution is 2.17. The summed E-state index contributed by atoms with van der Waals surface area (Å²) in [6, 6.07) is 5.10. The average molecular weight is 279 g/mol. The Kier molecular flexibility index (Phi) is 5.09. The summed E-state index contributed by atoms with van der Waals surface area (Å²) in [7, 11) is 0. The lowest BCUT2D eigenvalue weighted by Crippen LogP contribution is -2.43. The second-order valence-electron chi connectivity index (χ2n) is 5.37. The molecule has 1 amide bonds. The van der Waals surface area contributed by atoms with Crippen molar-refractivity contribution in [2.75, 3.05) is 13.1 Å². The predicted molar refractivity (Wildman–Crippen MR) is 76.4 cm³/mol. The molecule has 20 heavy (non-hydrogen) atoms. The van der Waals surface area contributed by atoms with Gasteiger partial charge in [0.05, 0.1) is 0 Å². The van der Waals surface area contributed by atoms with Crippen LogP contribution >= 0.6 is 0 Å². The number of likely N-dealkylation sites (tertiary alicyclic amines) is 1. The Morgan fingerprint density at radius 3 is 2.70 bits per heavy atom. The molecule has 1 aromatic carbocycles. The van der Waals surface area contributed by atoms with Gasteiger partial charge in [-0.25, -0.2) is 4.39 Å². The number of carbonyl (C=O) groups excluding carboxylic acids is 1. The second kappa shape index (κ2) is 6.81. The van der Waals surface area contributed by atoms with E-state index in [4.69, 9.17) is 5.73 Å². The first-order valence-corrected chi connectivity index (χ1v) is 7.05. The molecule has 0 radical (unpaired) electrons. The Bertz CT molecular complexity index is 470. The molecule has 0 saturated carbocycles. The first-order valence-electron chi connectivity index (χ1n) is 7.05. The number of nitrogens with two attached hydrogens (primary N) is 1. The van der Waals surface area contributed by atoms with Crippen LogP contribution in [0.25, 0.3) is 0 Å². The summed E-state index contributed by atoms with van der Waals surface area (Å²) < 4.78 is 13.2. The van der Waals surface area contributed by atoms with Gasteiger partial charge in [0, 0.05) is 39.1 Å². The van der Waals surface area contributed by atoms with Crippen LogP contribution in [0.15, 0.2) is 18.2 Å². The van der Waals surface area contributed by atoms with Crippen LogP contribution < -0.4 is 11.1 Å². The van der Waals surface area contributed by atoms with Gasteiger partial charge in [0.15, 0.2) is 0 Å². The van der Waals surface area contributed by atoms with Crippen LogP contribution in [0.4, 0.5) is 4.39 Å². The number of rotatable bonds is 4. The van der Waals surface area contributed by atoms with E-state index in [0.29, 0.717) is 6.54 Å². The number of halogens is 1. The Morgan fingerprint density at radius 1 is 1.40 bits per heavy atom. The number of piperidine rings is 1. The summed E-state index contributed by atoms with van der Waals surface area (Å²) in [5, 5.41) is 2.96. The van der Waals surface area contributed by atoms with Crippen LogP contribution in [0.2, 0.25) is 0 Å². The Balaban J connectivity index is 1.91. The Labute approximate surface area is 119 Å². The fourth-order valence-electron chi connectivity index (χ4n) is 2.70. The monoisotopic (exact) mass is 279 g/mol. The zero-order valence-electron chi connectivity index (χ0n) is 11.9. The maximum absolute atomic E-state index is 13.2. The standard InChI is InChI=1S/C15H22FN3O/c1-11(20)18-15-4-6-19(7-5-15)10-12-2-3-14(16)8-13(12)9-17/h2-3,8,15H,4-7,9-10,17H2,1H3,(H,18,20). The highest BCUT2D eigenvalue weighted by Gasteiger charge is 2.20. The molecule has 1 aliphatic rings. The fourth-order valence-corrected chi connectivity index (χ4v) is 2.70. The predicted octanol–water partition coefficient (Wildman–Crippen LogP) is 1.38. The van der Waals surface area contributed by atoms with E-state index in [2.05, 4.69) is 10.2 Å². The van der Waals surface area contributed by atoms with Crippen LogP contribution in [-0.2, 0) is 17.9 Å². The largest absolute Gasteiger partial charge is 0.354 e. The molecule has 2 rings (SSSR count). The number of carbonyl (C=O) groups is 1. The molecule has 1 aliphatic heterocycles. The molecule has 1 fully saturated rings. The highest BCUT2D eigenvalue weighted by molar-refractivity contribution is 5.73. The van der Waals surface area contributed by atoms with Gasteiger partial charge in [-0.3, -0.25) is 9.69 Å². The number of amides is 1. The van der Waals surface area contributed by atoms with Gasteiger partial charge in [-0.15, -0.1) is 0 Å². The van der Waals surface area contributed by atoms with Crippen molar-refractivity contribution in [2.24, 2.45) is 5.73 Å². The Hall–Kier alpha value is -1.46. The number of benzene rings is 1. The minimum atomic E-state index is -0.237. The molecule has 0 aromatic heterocycles. The van der Waals surface area contributed by atoms with Crippen LogP contribution in [0.3, 0.4) is 0 Å². The van der Waals surface area contributed by atoms with E-state index in [1.807, 2.05) is 6.07 Å². The minimum Gasteiger partial charge on any atom is -0.354 e. The van der Waals surface area contributed by atoms with Crippen molar-refractivity contribution < 1.29 is 9.18 Å². The maximum Gasteiger partial charge on any atom is 0.217 e. The van der Waals surface area contributed by atoms with Gasteiger partial charge in [0.1, 0.15) is 5.82 Å². The lowest BCUT2D eigenvalue weighted by Gasteiger charge is -2.32. The van der Waals surface area contributed by atoms with E-state index in [9.17, 15) is 9.18 Å². The lowest BCUT2D eigenvalue weighted by atomic mass is 10.0. The van der Waals surface area contributed by atoms with Crippen molar-refractivity contribution in [3.63, 3.8) is 0 Å². The van der Waals surface area contributed by atoms with E-state index in [0.717, 1.165) is 43.6 Å². The zero-order chi connectivity index (χ0) is 14.5. The highest BCUT2D eigenvalue weighted by atomic mass is 19.1. The smallest absolute Gasteiger partial charge is 0.217 e. The molecule has 110 valence electrons. The summed E-state index contributed by atoms with van der Waals surface area (Å²) in [5.41, 5.74) is 7.63. The average Bonchev–Trinajstić information content (AvgIpc) is 2.42. The fraction of sp³-hybridized carbons (Fsp3) is 0.533. The van der Waals surface area contributed by atoms with Gasteiger partial charge >= 0.3 is 0 Å². The third kappa shape index (κ3) is 4.02. The summed E-state index contributed by atoms with van der Waals surface area (Å²) in [4.78, 5) is 13.3. The summed E-state index contributed by atoms with van der Waals surface area (Å²) in [6.07, 6.45) is 1.91. The van der Waals surface area contributed by atoms with E-state index in [1.165, 1.54) is 12.1 Å². The molecule has 1 heterocycles. The van der Waals surface area contributed by atoms with Gasteiger partial charge in [-0.1, -0.05) is 6.07 Å². The van der Waals surface area contributed by atoms with Crippen LogP contribution in [0, 0.1) is 5.82 Å². The van der Waals surface area contributed by atoms with Gasteiger partial charge in [0.2, 0.25) is 5.91 Å². The van der Waals surface area contributed by atoms with Crippen LogP contribution in [0.1, 0.15) is 30.9 Å². The number of nitrogens with zero attached hydrogens (tertiary/aromatic N) is 1. The summed E-state index contributed by atoms with van der Waals surface area (Å²) >= 11 is 0. The number of hydrogen-bond donors (Lipinski definition) is 2. The molecule has 0 bridgehead atoms. The van der Waals surface area contributed by atoms with Crippen LogP contribution in [-0.4, -0.2) is 29.9 Å². The quantitative estimate of drug-likeness (QED) is 0.875. The molecule has 1 saturated heterocycles. The van der Waals surface area contributed by atoms with Crippen molar-refractivity contribution in [1.82, 2.24) is 10.2 Å². The molecule has 1 aromatic rings. The molecule has 0 aliphatic carbocycles. The summed E-state index contributed by atoms with van der Waals surface area (Å²) in [5.74, 6) is -0.203. The van der Waals surface area contributed by atoms with E-state index >= 15 is 0 Å². The van der Waals surface area contributed by atoms with Gasteiger partial charge < -0.3 is 11.1 Å². The molecular weight excluding hydrogens is 257 g/mol. The maximum atomic E-state index is 13.2. The number of hydrogen-bond acceptors (Lipinski definition) is 3. The van der Waals surface area contributed by atoms with Crippen LogP contribution in [0.5, 0.6) is 0 Å². The summed E-state index contributed by atoms with van der Waals surface area (Å²) in [6.45, 7) is 4.58. The molecule has 4 nitrogen and oxygen atoms in total. The molecule has 0 atom stereocenters. The minimum absolute atomic E-state index is 0.0346. The molecule has 3 N–H and O–H groups in total. The third-order valence-electron chi connectivity index (χ3n) is 3.78. The SMILES string of the molecule is CC(=O)NC1CCN(Cc2ccc(F)cc2CN)CC1. The molecule has 0 unspecified atom stereocenters. The van der Waals surface area contributed by atoms with E-state index in [-0.39, 0.29) is 17.8 Å². The van der Waals surface area contributed by atoms with Crippen molar-refractivity contribution in [3.05, 3.63) is 35.1 Å². The van der Waals surface area contributed by atoms with Crippen molar-refractivity contribution in [3.8, 4) is 0 Å². The topological polar surface area (TPSA) is 58.4 Å². The molecular formula is C15H22FN3O. The van der Waals surface area contributed by atoms with Gasteiger partial charge in [-0.05, 0) is 36.1 Å². The van der Waals surface area contributed by atoms with Crippen molar-refractivity contribution in [2.45, 2.75) is 38.9 Å². The Morgan fingerprint density at radius 2 is 2.10 bits per heavy atom. The van der Waals surface area contributed by atoms with Crippen molar-refractivity contribution in [1.29, 1.82) is 0 Å². The lowest BCUT2D eigenvalue weighted by molar-refractivity contribution is -0.119. The second-order valence-corrected chi connectivity index (χ2v) is 5.37. The third-order valence-corrected chi connectivity index (χ3v) is 3.78. The first kappa shape index (κ1) is 14.9. The normalized spacial score (nSPS) is 17.1. The van der Waals surface area contributed by atoms with Crippen molar-refractivity contribution >= 4 is 5.91 Å². The molecule has 5 heteroatoms. The van der Waals surface area contributed by atoms with E-state index < -0.39 is 0 Å². The van der Waals surface area contributed by atoms with Gasteiger partial charge in [-0.2, -0.15) is 0 Å². The van der Waals surface area contributed by atoms with E-state index in [1.54, 1.807) is 6.92 Å². The number of nitrogens with one attached hydrogen (secondary N) is 1. The van der Waals surface area contributed by atoms with Gasteiger partial charge in [0.25, 0.3) is 0 Å². The molecule has 0 spiro atoms. The zero-order valence-corrected chi connectivity index (χ0v) is 11.9.